The number of pyridine rings is 1. The fourth-order valence-electron chi connectivity index (χ4n) is 2.02. The first-order valence-corrected chi connectivity index (χ1v) is 6.55. The van der Waals surface area contributed by atoms with Gasteiger partial charge in [-0.15, -0.1) is 0 Å². The topological polar surface area (TPSA) is 34.2 Å². The predicted octanol–water partition coefficient (Wildman–Crippen LogP) is 3.32. The summed E-state index contributed by atoms with van der Waals surface area (Å²) in [5, 5.41) is 3.49. The Morgan fingerprint density at radius 2 is 2.18 bits per heavy atom. The standard InChI is InChI=1S/C14H24N2O/c1-4-6-7-9-12(15-5-2)14-13(17-3)10-8-11-16-14/h8,10-12,15H,4-7,9H2,1-3H3. The highest BCUT2D eigenvalue weighted by Crippen LogP contribution is 2.26. The highest BCUT2D eigenvalue weighted by molar-refractivity contribution is 5.29. The Bertz CT molecular complexity index is 315. The smallest absolute Gasteiger partial charge is 0.141 e. The number of hydrogen-bond donors (Lipinski definition) is 1. The average molecular weight is 236 g/mol. The second-order valence-electron chi connectivity index (χ2n) is 4.20. The fraction of sp³-hybridized carbons (Fsp3) is 0.643. The minimum atomic E-state index is 0.308. The van der Waals surface area contributed by atoms with Gasteiger partial charge in [-0.05, 0) is 25.1 Å². The summed E-state index contributed by atoms with van der Waals surface area (Å²) >= 11 is 0. The molecule has 1 rings (SSSR count). The van der Waals surface area contributed by atoms with Crippen molar-refractivity contribution in [1.82, 2.24) is 10.3 Å². The highest BCUT2D eigenvalue weighted by atomic mass is 16.5. The molecule has 1 N–H and O–H groups in total. The lowest BCUT2D eigenvalue weighted by atomic mass is 10.0. The molecule has 1 heterocycles. The van der Waals surface area contributed by atoms with E-state index in [0.717, 1.165) is 24.4 Å². The maximum absolute atomic E-state index is 5.38. The first kappa shape index (κ1) is 14.0. The van der Waals surface area contributed by atoms with E-state index >= 15 is 0 Å². The molecule has 0 bridgehead atoms. The van der Waals surface area contributed by atoms with Crippen LogP contribution in [-0.4, -0.2) is 18.6 Å². The van der Waals surface area contributed by atoms with Crippen LogP contribution in [0.5, 0.6) is 5.75 Å². The second kappa shape index (κ2) is 8.07. The molecule has 3 nitrogen and oxygen atoms in total. The van der Waals surface area contributed by atoms with Crippen LogP contribution in [0.25, 0.3) is 0 Å². The van der Waals surface area contributed by atoms with Crippen molar-refractivity contribution in [2.45, 2.75) is 45.6 Å². The fourth-order valence-corrected chi connectivity index (χ4v) is 2.02. The Balaban J connectivity index is 2.73. The van der Waals surface area contributed by atoms with Gasteiger partial charge in [-0.1, -0.05) is 33.1 Å². The molecule has 0 amide bonds. The number of nitrogens with zero attached hydrogens (tertiary/aromatic N) is 1. The predicted molar refractivity (Wildman–Crippen MR) is 71.3 cm³/mol. The third kappa shape index (κ3) is 4.35. The van der Waals surface area contributed by atoms with Crippen LogP contribution in [0.2, 0.25) is 0 Å². The highest BCUT2D eigenvalue weighted by Gasteiger charge is 2.15. The normalized spacial score (nSPS) is 12.4. The molecular formula is C14H24N2O. The van der Waals surface area contributed by atoms with Crippen molar-refractivity contribution >= 4 is 0 Å². The molecule has 1 aromatic rings. The summed E-state index contributed by atoms with van der Waals surface area (Å²) in [5.41, 5.74) is 1.04. The molecule has 0 radical (unpaired) electrons. The molecule has 17 heavy (non-hydrogen) atoms. The van der Waals surface area contributed by atoms with Gasteiger partial charge in [0.2, 0.25) is 0 Å². The van der Waals surface area contributed by atoms with Crippen molar-refractivity contribution in [3.63, 3.8) is 0 Å². The lowest BCUT2D eigenvalue weighted by Gasteiger charge is -2.19. The quantitative estimate of drug-likeness (QED) is 0.703. The molecule has 1 unspecified atom stereocenters. The third-order valence-corrected chi connectivity index (χ3v) is 2.90. The van der Waals surface area contributed by atoms with Crippen LogP contribution in [0, 0.1) is 0 Å². The summed E-state index contributed by atoms with van der Waals surface area (Å²) < 4.78 is 5.38. The van der Waals surface area contributed by atoms with Crippen molar-refractivity contribution < 1.29 is 4.74 Å². The second-order valence-corrected chi connectivity index (χ2v) is 4.20. The number of rotatable bonds is 8. The molecule has 0 saturated carbocycles. The number of nitrogens with one attached hydrogen (secondary N) is 1. The molecule has 96 valence electrons. The van der Waals surface area contributed by atoms with Crippen molar-refractivity contribution in [3.8, 4) is 5.75 Å². The lowest BCUT2D eigenvalue weighted by Crippen LogP contribution is -2.22. The molecule has 1 aromatic heterocycles. The lowest BCUT2D eigenvalue weighted by molar-refractivity contribution is 0.387. The molecule has 0 aliphatic carbocycles. The molecule has 0 fully saturated rings. The molecular weight excluding hydrogens is 212 g/mol. The Morgan fingerprint density at radius 3 is 2.82 bits per heavy atom. The Hall–Kier alpha value is -1.09. The van der Waals surface area contributed by atoms with Gasteiger partial charge in [0.25, 0.3) is 0 Å². The molecule has 0 spiro atoms. The van der Waals surface area contributed by atoms with Crippen LogP contribution >= 0.6 is 0 Å². The van der Waals surface area contributed by atoms with Gasteiger partial charge in [-0.25, -0.2) is 0 Å². The van der Waals surface area contributed by atoms with E-state index in [-0.39, 0.29) is 0 Å². The Labute approximate surface area is 105 Å². The number of ether oxygens (including phenoxy) is 1. The van der Waals surface area contributed by atoms with Gasteiger partial charge in [0, 0.05) is 6.20 Å². The van der Waals surface area contributed by atoms with Crippen LogP contribution in [-0.2, 0) is 0 Å². The van der Waals surface area contributed by atoms with Crippen molar-refractivity contribution in [3.05, 3.63) is 24.0 Å². The summed E-state index contributed by atoms with van der Waals surface area (Å²) in [5.74, 6) is 0.884. The number of aromatic nitrogens is 1. The van der Waals surface area contributed by atoms with Crippen LogP contribution in [0.3, 0.4) is 0 Å². The van der Waals surface area contributed by atoms with Gasteiger partial charge in [0.15, 0.2) is 0 Å². The average Bonchev–Trinajstić information content (AvgIpc) is 2.38. The van der Waals surface area contributed by atoms with Crippen LogP contribution in [0.1, 0.15) is 51.3 Å². The summed E-state index contributed by atoms with van der Waals surface area (Å²) in [7, 11) is 1.70. The molecule has 0 aliphatic rings. The van der Waals surface area contributed by atoms with Gasteiger partial charge < -0.3 is 10.1 Å². The van der Waals surface area contributed by atoms with Crippen LogP contribution < -0.4 is 10.1 Å². The molecule has 0 aliphatic heterocycles. The summed E-state index contributed by atoms with van der Waals surface area (Å²) in [6.45, 7) is 5.31. The van der Waals surface area contributed by atoms with E-state index in [2.05, 4.69) is 24.1 Å². The minimum absolute atomic E-state index is 0.308. The monoisotopic (exact) mass is 236 g/mol. The summed E-state index contributed by atoms with van der Waals surface area (Å²) in [6.07, 6.45) is 6.71. The zero-order valence-corrected chi connectivity index (χ0v) is 11.2. The minimum Gasteiger partial charge on any atom is -0.495 e. The first-order valence-electron chi connectivity index (χ1n) is 6.55. The van der Waals surface area contributed by atoms with E-state index in [1.165, 1.54) is 19.3 Å². The van der Waals surface area contributed by atoms with E-state index in [1.807, 2.05) is 18.3 Å². The van der Waals surface area contributed by atoms with E-state index < -0.39 is 0 Å². The molecule has 1 atom stereocenters. The van der Waals surface area contributed by atoms with E-state index in [4.69, 9.17) is 4.74 Å². The Kier molecular flexibility index (Phi) is 6.63. The molecule has 0 aromatic carbocycles. The van der Waals surface area contributed by atoms with Crippen molar-refractivity contribution in [2.24, 2.45) is 0 Å². The van der Waals surface area contributed by atoms with Crippen molar-refractivity contribution in [2.75, 3.05) is 13.7 Å². The van der Waals surface area contributed by atoms with Gasteiger partial charge in [0.05, 0.1) is 18.8 Å². The number of methoxy groups -OCH3 is 1. The van der Waals surface area contributed by atoms with Crippen LogP contribution in [0.4, 0.5) is 0 Å². The van der Waals surface area contributed by atoms with E-state index in [1.54, 1.807) is 7.11 Å². The van der Waals surface area contributed by atoms with Gasteiger partial charge in [0.1, 0.15) is 5.75 Å². The van der Waals surface area contributed by atoms with Gasteiger partial charge >= 0.3 is 0 Å². The largest absolute Gasteiger partial charge is 0.495 e. The summed E-state index contributed by atoms with van der Waals surface area (Å²) in [6, 6.07) is 4.20. The zero-order valence-electron chi connectivity index (χ0n) is 11.2. The number of unbranched alkanes of at least 4 members (excludes halogenated alkanes) is 2. The first-order chi connectivity index (χ1) is 8.33. The maximum atomic E-state index is 5.38. The van der Waals surface area contributed by atoms with Gasteiger partial charge in [-0.2, -0.15) is 0 Å². The third-order valence-electron chi connectivity index (χ3n) is 2.90. The van der Waals surface area contributed by atoms with E-state index in [9.17, 15) is 0 Å². The zero-order chi connectivity index (χ0) is 12.5. The molecule has 0 saturated heterocycles. The SMILES string of the molecule is CCCCCC(NCC)c1ncccc1OC. The van der Waals surface area contributed by atoms with E-state index in [0.29, 0.717) is 6.04 Å². The Morgan fingerprint density at radius 1 is 1.35 bits per heavy atom. The van der Waals surface area contributed by atoms with Crippen LogP contribution in [0.15, 0.2) is 18.3 Å². The molecule has 3 heteroatoms. The van der Waals surface area contributed by atoms with Crippen molar-refractivity contribution in [1.29, 1.82) is 0 Å². The maximum Gasteiger partial charge on any atom is 0.141 e. The number of hydrogen-bond acceptors (Lipinski definition) is 3. The van der Waals surface area contributed by atoms with Gasteiger partial charge in [-0.3, -0.25) is 4.98 Å². The summed E-state index contributed by atoms with van der Waals surface area (Å²) in [4.78, 5) is 4.46.